The van der Waals surface area contributed by atoms with Gasteiger partial charge in [0.05, 0.1) is 10.6 Å². The first-order valence-corrected chi connectivity index (χ1v) is 7.76. The number of nitrogens with zero attached hydrogens (tertiary/aromatic N) is 2. The number of carbonyl (C=O) groups excluding carboxylic acids is 2. The van der Waals surface area contributed by atoms with E-state index in [4.69, 9.17) is 0 Å². The van der Waals surface area contributed by atoms with E-state index in [1.54, 1.807) is 24.3 Å². The molecule has 0 spiro atoms. The first-order chi connectivity index (χ1) is 11.9. The molecule has 2 aromatic carbocycles. The number of non-ortho nitro benzene ring substituents is 1. The molecule has 2 N–H and O–H groups in total. The van der Waals surface area contributed by atoms with Gasteiger partial charge in [0.1, 0.15) is 11.3 Å². The second-order valence-electron chi connectivity index (χ2n) is 5.12. The van der Waals surface area contributed by atoms with Crippen LogP contribution in [0.1, 0.15) is 5.56 Å². The third-order valence-electron chi connectivity index (χ3n) is 3.50. The van der Waals surface area contributed by atoms with E-state index in [-0.39, 0.29) is 22.6 Å². The minimum atomic E-state index is -0.668. The van der Waals surface area contributed by atoms with Gasteiger partial charge in [0, 0.05) is 22.2 Å². The van der Waals surface area contributed by atoms with Crippen LogP contribution in [0.15, 0.2) is 52.5 Å². The second-order valence-corrected chi connectivity index (χ2v) is 6.03. The van der Waals surface area contributed by atoms with Crippen molar-refractivity contribution < 1.29 is 19.6 Å². The number of aromatic hydroxyl groups is 1. The van der Waals surface area contributed by atoms with Crippen LogP contribution < -0.4 is 10.4 Å². The molecule has 1 fully saturated rings. The lowest BCUT2D eigenvalue weighted by atomic mass is 10.1. The van der Waals surface area contributed by atoms with Crippen molar-refractivity contribution in [2.75, 3.05) is 5.01 Å². The molecule has 1 aliphatic rings. The zero-order valence-electron chi connectivity index (χ0n) is 12.5. The van der Waals surface area contributed by atoms with Crippen LogP contribution in [0.5, 0.6) is 5.75 Å². The summed E-state index contributed by atoms with van der Waals surface area (Å²) in [7, 11) is 0. The lowest BCUT2D eigenvalue weighted by molar-refractivity contribution is -0.384. The number of benzene rings is 2. The van der Waals surface area contributed by atoms with Crippen LogP contribution in [-0.4, -0.2) is 21.8 Å². The summed E-state index contributed by atoms with van der Waals surface area (Å²) in [5.74, 6) is -1.57. The Morgan fingerprint density at radius 1 is 1.16 bits per heavy atom. The average Bonchev–Trinajstić information content (AvgIpc) is 2.85. The number of anilines is 1. The normalized spacial score (nSPS) is 15.6. The van der Waals surface area contributed by atoms with Gasteiger partial charge in [-0.2, -0.15) is 0 Å². The summed E-state index contributed by atoms with van der Waals surface area (Å²) in [5, 5.41) is 21.7. The highest BCUT2D eigenvalue weighted by Gasteiger charge is 2.34. The molecule has 126 valence electrons. The van der Waals surface area contributed by atoms with Crippen molar-refractivity contribution in [2.24, 2.45) is 0 Å². The van der Waals surface area contributed by atoms with Crippen molar-refractivity contribution in [1.82, 2.24) is 5.43 Å². The number of hydrazine groups is 1. The summed E-state index contributed by atoms with van der Waals surface area (Å²) in [4.78, 5) is 34.8. The van der Waals surface area contributed by atoms with Crippen molar-refractivity contribution >= 4 is 45.2 Å². The number of halogens is 1. The van der Waals surface area contributed by atoms with Crippen molar-refractivity contribution in [3.63, 3.8) is 0 Å². The van der Waals surface area contributed by atoms with Crippen molar-refractivity contribution in [3.8, 4) is 5.75 Å². The third-order valence-corrected chi connectivity index (χ3v) is 4.03. The molecule has 1 aliphatic heterocycles. The van der Waals surface area contributed by atoms with Gasteiger partial charge in [0.25, 0.3) is 17.5 Å². The van der Waals surface area contributed by atoms with Gasteiger partial charge in [-0.25, -0.2) is 5.01 Å². The summed E-state index contributed by atoms with van der Waals surface area (Å²) < 4.78 is 0.812. The first kappa shape index (κ1) is 16.7. The molecule has 9 heteroatoms. The summed E-state index contributed by atoms with van der Waals surface area (Å²) >= 11 is 3.28. The predicted octanol–water partition coefficient (Wildman–Crippen LogP) is 2.52. The van der Waals surface area contributed by atoms with Gasteiger partial charge in [-0.15, -0.1) is 0 Å². The van der Waals surface area contributed by atoms with Crippen molar-refractivity contribution in [1.29, 1.82) is 0 Å². The maximum absolute atomic E-state index is 12.5. The number of nitro benzene ring substituents is 1. The fourth-order valence-corrected chi connectivity index (χ4v) is 2.52. The number of hydrogen-bond acceptors (Lipinski definition) is 5. The molecule has 0 bridgehead atoms. The lowest BCUT2D eigenvalue weighted by Crippen LogP contribution is -2.35. The van der Waals surface area contributed by atoms with E-state index in [0.717, 1.165) is 33.8 Å². The van der Waals surface area contributed by atoms with Gasteiger partial charge < -0.3 is 5.11 Å². The largest absolute Gasteiger partial charge is 0.507 e. The van der Waals surface area contributed by atoms with Gasteiger partial charge >= 0.3 is 0 Å². The molecule has 0 aromatic heterocycles. The molecular weight excluding hydrogens is 394 g/mol. The Bertz CT molecular complexity index is 924. The smallest absolute Gasteiger partial charge is 0.282 e. The van der Waals surface area contributed by atoms with E-state index in [1.165, 1.54) is 0 Å². The van der Waals surface area contributed by atoms with Crippen LogP contribution in [0.2, 0.25) is 0 Å². The highest BCUT2D eigenvalue weighted by atomic mass is 79.9. The number of phenols is 1. The highest BCUT2D eigenvalue weighted by molar-refractivity contribution is 9.10. The van der Waals surface area contributed by atoms with Crippen LogP contribution >= 0.6 is 15.9 Å². The van der Waals surface area contributed by atoms with Crippen LogP contribution in [0.4, 0.5) is 11.4 Å². The molecule has 1 saturated heterocycles. The van der Waals surface area contributed by atoms with Gasteiger partial charge in [-0.1, -0.05) is 15.9 Å². The van der Waals surface area contributed by atoms with E-state index in [2.05, 4.69) is 21.4 Å². The maximum atomic E-state index is 12.5. The SMILES string of the molecule is O=C1NN(c2ccc(Br)cc2)C(=O)/C1=C/c1cc([N+](=O)[O-])ccc1O. The number of hydrogen-bond donors (Lipinski definition) is 2. The fraction of sp³-hybridized carbons (Fsp3) is 0. The maximum Gasteiger partial charge on any atom is 0.282 e. The van der Waals surface area contributed by atoms with E-state index in [9.17, 15) is 24.8 Å². The lowest BCUT2D eigenvalue weighted by Gasteiger charge is -2.14. The predicted molar refractivity (Wildman–Crippen MR) is 92.5 cm³/mol. The topological polar surface area (TPSA) is 113 Å². The van der Waals surface area contributed by atoms with Crippen molar-refractivity contribution in [2.45, 2.75) is 0 Å². The number of rotatable bonds is 3. The minimum Gasteiger partial charge on any atom is -0.507 e. The average molecular weight is 404 g/mol. The summed E-state index contributed by atoms with van der Waals surface area (Å²) in [5.41, 5.74) is 2.37. The Balaban J connectivity index is 1.98. The number of amides is 2. The Kier molecular flexibility index (Phi) is 4.24. The van der Waals surface area contributed by atoms with Gasteiger partial charge in [-0.05, 0) is 36.4 Å². The van der Waals surface area contributed by atoms with Crippen molar-refractivity contribution in [3.05, 3.63) is 68.2 Å². The molecule has 2 aromatic rings. The fourth-order valence-electron chi connectivity index (χ4n) is 2.26. The van der Waals surface area contributed by atoms with Gasteiger partial charge in [0.2, 0.25) is 0 Å². The van der Waals surface area contributed by atoms with Gasteiger partial charge in [0.15, 0.2) is 0 Å². The van der Waals surface area contributed by atoms with Gasteiger partial charge in [-0.3, -0.25) is 25.1 Å². The Morgan fingerprint density at radius 3 is 2.48 bits per heavy atom. The van der Waals surface area contributed by atoms with E-state index in [1.807, 2.05) is 0 Å². The molecule has 25 heavy (non-hydrogen) atoms. The van der Waals surface area contributed by atoms with E-state index in [0.29, 0.717) is 5.69 Å². The molecule has 0 saturated carbocycles. The molecule has 0 aliphatic carbocycles. The molecule has 0 radical (unpaired) electrons. The Morgan fingerprint density at radius 2 is 1.84 bits per heavy atom. The van der Waals surface area contributed by atoms with Crippen LogP contribution in [0.3, 0.4) is 0 Å². The monoisotopic (exact) mass is 403 g/mol. The number of nitrogens with one attached hydrogen (secondary N) is 1. The summed E-state index contributed by atoms with van der Waals surface area (Å²) in [6.07, 6.45) is 1.12. The number of phenolic OH excluding ortho intramolecular Hbond substituents is 1. The summed E-state index contributed by atoms with van der Waals surface area (Å²) in [6, 6.07) is 10.0. The van der Waals surface area contributed by atoms with Crippen LogP contribution in [0, 0.1) is 10.1 Å². The number of nitro groups is 1. The Hall–Kier alpha value is -3.20. The Labute approximate surface area is 149 Å². The molecule has 0 atom stereocenters. The molecule has 0 unspecified atom stereocenters. The molecule has 3 rings (SSSR count). The highest BCUT2D eigenvalue weighted by Crippen LogP contribution is 2.28. The van der Waals surface area contributed by atoms with Crippen LogP contribution in [0.25, 0.3) is 6.08 Å². The quantitative estimate of drug-likeness (QED) is 0.353. The molecular formula is C16H10BrN3O5. The summed E-state index contributed by atoms with van der Waals surface area (Å²) in [6.45, 7) is 0. The molecule has 1 heterocycles. The van der Waals surface area contributed by atoms with Crippen LogP contribution in [-0.2, 0) is 9.59 Å². The third kappa shape index (κ3) is 3.22. The first-order valence-electron chi connectivity index (χ1n) is 6.97. The van der Waals surface area contributed by atoms with E-state index < -0.39 is 16.7 Å². The standard InChI is InChI=1S/C16H10BrN3O5/c17-10-1-3-11(4-2-10)19-16(23)13(15(22)18-19)8-9-7-12(20(24)25)5-6-14(9)21/h1-8,21H,(H,18,22)/b13-8+. The number of carbonyl (C=O) groups is 2. The zero-order valence-corrected chi connectivity index (χ0v) is 14.1. The molecule has 8 nitrogen and oxygen atoms in total. The second kappa shape index (κ2) is 6.36. The minimum absolute atomic E-state index is 0.00496. The van der Waals surface area contributed by atoms with E-state index >= 15 is 0 Å². The zero-order chi connectivity index (χ0) is 18.1. The molecule has 2 amide bonds.